The maximum Gasteiger partial charge on any atom is 0.416 e. The van der Waals surface area contributed by atoms with E-state index in [2.05, 4.69) is 12.2 Å². The van der Waals surface area contributed by atoms with Crippen molar-refractivity contribution in [3.8, 4) is 0 Å². The van der Waals surface area contributed by atoms with Crippen LogP contribution >= 0.6 is 0 Å². The number of Topliss-reactive ketones (excluding diaryl/α,β-unsaturated/α-hetero) is 1. The molecule has 2 saturated heterocycles. The van der Waals surface area contributed by atoms with Crippen LogP contribution in [0, 0.1) is 35.5 Å². The van der Waals surface area contributed by atoms with Gasteiger partial charge < -0.3 is 4.74 Å². The van der Waals surface area contributed by atoms with Gasteiger partial charge in [-0.15, -0.1) is 0 Å². The fourth-order valence-electron chi connectivity index (χ4n) is 6.58. The van der Waals surface area contributed by atoms with Gasteiger partial charge in [-0.05, 0) is 59.9 Å². The van der Waals surface area contributed by atoms with Crippen LogP contribution in [0.25, 0.3) is 0 Å². The number of carbonyl (C=O) groups is 3. The summed E-state index contributed by atoms with van der Waals surface area (Å²) in [5.74, 6) is 0.221. The third kappa shape index (κ3) is 3.02. The molecule has 8 rings (SSSR count). The van der Waals surface area contributed by atoms with Crippen LogP contribution in [0.5, 0.6) is 0 Å². The molecule has 2 aliphatic heterocycles. The number of hydrogen-bond donors (Lipinski definition) is 0. The van der Waals surface area contributed by atoms with Crippen LogP contribution < -0.4 is 4.90 Å². The molecular weight excluding hydrogens is 459 g/mol. The topological polar surface area (TPSA) is 67.0 Å². The quantitative estimate of drug-likeness (QED) is 0.279. The highest BCUT2D eigenvalue weighted by Crippen LogP contribution is 2.65. The first-order chi connectivity index (χ1) is 16.7. The number of anilines is 1. The number of rotatable bonds is 4. The van der Waals surface area contributed by atoms with E-state index in [9.17, 15) is 27.6 Å². The van der Waals surface area contributed by atoms with Gasteiger partial charge in [-0.1, -0.05) is 36.4 Å². The smallest absolute Gasteiger partial charge is 0.356 e. The largest absolute Gasteiger partial charge is 0.416 e. The number of halogens is 3. The summed E-state index contributed by atoms with van der Waals surface area (Å²) in [7, 11) is 0. The van der Waals surface area contributed by atoms with Gasteiger partial charge in [-0.25, -0.2) is 0 Å². The summed E-state index contributed by atoms with van der Waals surface area (Å²) in [6.07, 6.45) is -0.374. The molecule has 178 valence electrons. The van der Waals surface area contributed by atoms with Crippen molar-refractivity contribution in [2.75, 3.05) is 4.90 Å². The molecule has 6 aliphatic rings. The van der Waals surface area contributed by atoms with Crippen molar-refractivity contribution in [3.05, 3.63) is 77.4 Å². The highest BCUT2D eigenvalue weighted by atomic mass is 19.4. The second kappa shape index (κ2) is 6.91. The summed E-state index contributed by atoms with van der Waals surface area (Å²) in [5.41, 5.74) is 0.555. The van der Waals surface area contributed by atoms with Crippen molar-refractivity contribution < 1.29 is 32.3 Å². The molecule has 5 nitrogen and oxygen atoms in total. The van der Waals surface area contributed by atoms with Crippen LogP contribution in [0.1, 0.15) is 34.0 Å². The van der Waals surface area contributed by atoms with Gasteiger partial charge in [-0.3, -0.25) is 19.3 Å². The van der Waals surface area contributed by atoms with E-state index in [-0.39, 0.29) is 46.8 Å². The fraction of sp³-hybridized carbons (Fsp3) is 0.370. The summed E-state index contributed by atoms with van der Waals surface area (Å²) in [6, 6.07) is 10.9. The van der Waals surface area contributed by atoms with Gasteiger partial charge in [-0.2, -0.15) is 13.2 Å². The number of allylic oxidation sites excluding steroid dienone is 2. The Hall–Kier alpha value is -3.26. The zero-order valence-electron chi connectivity index (χ0n) is 18.3. The molecule has 35 heavy (non-hydrogen) atoms. The lowest BCUT2D eigenvalue weighted by Gasteiger charge is -2.37. The van der Waals surface area contributed by atoms with Gasteiger partial charge in [0.1, 0.15) is 6.10 Å². The molecule has 2 aromatic rings. The number of carbonyl (C=O) groups excluding carboxylic acids is 3. The van der Waals surface area contributed by atoms with Crippen molar-refractivity contribution >= 4 is 23.3 Å². The molecule has 0 spiro atoms. The maximum atomic E-state index is 13.3. The van der Waals surface area contributed by atoms with E-state index in [1.165, 1.54) is 4.90 Å². The molecule has 2 heterocycles. The Balaban J connectivity index is 1.06. The van der Waals surface area contributed by atoms with Gasteiger partial charge in [0.05, 0.1) is 23.1 Å². The normalized spacial score (nSPS) is 36.3. The molecule has 8 unspecified atom stereocenters. The maximum absolute atomic E-state index is 13.3. The van der Waals surface area contributed by atoms with Gasteiger partial charge in [0, 0.05) is 5.56 Å². The van der Waals surface area contributed by atoms with Gasteiger partial charge >= 0.3 is 6.18 Å². The Bertz CT molecular complexity index is 1260. The van der Waals surface area contributed by atoms with Crippen LogP contribution in [0.4, 0.5) is 18.9 Å². The SMILES string of the molecule is O=C(c1ccc(C(F)(F)F)cc1)C1OC1c1ccc(N2C(=O)C3C4C=CC(C5CC45)C3C2=O)cc1. The van der Waals surface area contributed by atoms with Gasteiger partial charge in [0.2, 0.25) is 11.8 Å². The lowest BCUT2D eigenvalue weighted by Crippen LogP contribution is -2.40. The van der Waals surface area contributed by atoms with E-state index in [1.807, 2.05) is 0 Å². The number of alkyl halides is 3. The van der Waals surface area contributed by atoms with E-state index in [0.717, 1.165) is 30.7 Å². The predicted octanol–water partition coefficient (Wildman–Crippen LogP) is 4.59. The first-order valence-corrected chi connectivity index (χ1v) is 11.8. The minimum absolute atomic E-state index is 0.129. The molecule has 4 fully saturated rings. The van der Waals surface area contributed by atoms with Crippen molar-refractivity contribution in [3.63, 3.8) is 0 Å². The molecule has 8 heteroatoms. The van der Waals surface area contributed by atoms with E-state index >= 15 is 0 Å². The number of epoxide rings is 1. The number of nitrogens with zero attached hydrogens (tertiary/aromatic N) is 1. The number of hydrogen-bond acceptors (Lipinski definition) is 4. The van der Waals surface area contributed by atoms with Crippen molar-refractivity contribution in [1.82, 2.24) is 0 Å². The molecule has 2 bridgehead atoms. The average molecular weight is 479 g/mol. The van der Waals surface area contributed by atoms with Crippen molar-refractivity contribution in [2.45, 2.75) is 24.8 Å². The van der Waals surface area contributed by atoms with Crippen LogP contribution in [-0.4, -0.2) is 23.7 Å². The minimum Gasteiger partial charge on any atom is -0.356 e. The molecule has 8 atom stereocenters. The Labute approximate surface area is 198 Å². The monoisotopic (exact) mass is 479 g/mol. The number of ether oxygens (including phenoxy) is 1. The molecule has 0 radical (unpaired) electrons. The van der Waals surface area contributed by atoms with E-state index in [4.69, 9.17) is 4.74 Å². The first-order valence-electron chi connectivity index (χ1n) is 11.8. The zero-order chi connectivity index (χ0) is 24.2. The highest BCUT2D eigenvalue weighted by Gasteiger charge is 2.67. The molecule has 0 N–H and O–H groups in total. The van der Waals surface area contributed by atoms with E-state index in [0.29, 0.717) is 23.1 Å². The van der Waals surface area contributed by atoms with Crippen molar-refractivity contribution in [1.29, 1.82) is 0 Å². The summed E-state index contributed by atoms with van der Waals surface area (Å²) in [6.45, 7) is 0. The first kappa shape index (κ1) is 21.1. The zero-order valence-corrected chi connectivity index (χ0v) is 18.3. The Morgan fingerprint density at radius 1 is 0.857 bits per heavy atom. The second-order valence-electron chi connectivity index (χ2n) is 10.2. The third-order valence-corrected chi connectivity index (χ3v) is 8.39. The Morgan fingerprint density at radius 3 is 1.97 bits per heavy atom. The summed E-state index contributed by atoms with van der Waals surface area (Å²) < 4.78 is 43.8. The number of amides is 2. The van der Waals surface area contributed by atoms with Crippen molar-refractivity contribution in [2.24, 2.45) is 35.5 Å². The van der Waals surface area contributed by atoms with Crippen LogP contribution in [0.15, 0.2) is 60.7 Å². The van der Waals surface area contributed by atoms with Crippen LogP contribution in [0.3, 0.4) is 0 Å². The molecule has 0 aromatic heterocycles. The molecule has 2 amide bonds. The summed E-state index contributed by atoms with van der Waals surface area (Å²) in [5, 5.41) is 0. The number of imide groups is 1. The lowest BCUT2D eigenvalue weighted by molar-refractivity contribution is -0.137. The van der Waals surface area contributed by atoms with Crippen LogP contribution in [0.2, 0.25) is 0 Å². The number of benzene rings is 2. The van der Waals surface area contributed by atoms with E-state index in [1.54, 1.807) is 24.3 Å². The molecule has 2 aromatic carbocycles. The second-order valence-corrected chi connectivity index (χ2v) is 10.2. The minimum atomic E-state index is -4.46. The highest BCUT2D eigenvalue weighted by molar-refractivity contribution is 6.22. The number of ketones is 1. The predicted molar refractivity (Wildman–Crippen MR) is 117 cm³/mol. The van der Waals surface area contributed by atoms with E-state index < -0.39 is 23.9 Å². The lowest BCUT2D eigenvalue weighted by atomic mass is 9.63. The molecule has 2 saturated carbocycles. The molecule has 4 aliphatic carbocycles. The average Bonchev–Trinajstić information content (AvgIpc) is 3.77. The summed E-state index contributed by atoms with van der Waals surface area (Å²) >= 11 is 0. The standard InChI is InChI=1S/C27H20F3NO4/c28-27(29,30)14-5-1-12(2-6-14)22(32)24-23(35-24)13-3-7-15(8-4-13)31-25(33)20-16-9-10-17(19-11-18(16)19)21(20)26(31)34/h1-10,16-21,23-24H,11H2. The molecular formula is C27H20F3NO4. The third-order valence-electron chi connectivity index (χ3n) is 8.39. The fourth-order valence-corrected chi connectivity index (χ4v) is 6.58. The van der Waals surface area contributed by atoms with Gasteiger partial charge in [0.15, 0.2) is 11.9 Å². The van der Waals surface area contributed by atoms with Crippen LogP contribution in [-0.2, 0) is 20.5 Å². The Morgan fingerprint density at radius 2 is 1.43 bits per heavy atom. The Kier molecular flexibility index (Phi) is 4.16. The van der Waals surface area contributed by atoms with Gasteiger partial charge in [0.25, 0.3) is 0 Å². The summed E-state index contributed by atoms with van der Waals surface area (Å²) in [4.78, 5) is 40.5.